The highest BCUT2D eigenvalue weighted by molar-refractivity contribution is 5.78. The van der Waals surface area contributed by atoms with Crippen LogP contribution in [0.3, 0.4) is 0 Å². The zero-order chi connectivity index (χ0) is 17.3. The van der Waals surface area contributed by atoms with Crippen molar-refractivity contribution in [3.05, 3.63) is 82.9 Å². The molecular weight excluding hydrogens is 294 g/mol. The van der Waals surface area contributed by atoms with Gasteiger partial charge in [-0.15, -0.1) is 0 Å². The molecule has 0 saturated heterocycles. The minimum absolute atomic E-state index is 0.269. The normalized spacial score (nSPS) is 10.7. The maximum Gasteiger partial charge on any atom is 0.117 e. The summed E-state index contributed by atoms with van der Waals surface area (Å²) < 4.78 is 0. The second-order valence-corrected chi connectivity index (χ2v) is 6.39. The Balaban J connectivity index is 2.20. The number of aromatic hydroxyl groups is 1. The lowest BCUT2D eigenvalue weighted by atomic mass is 10.1. The number of rotatable bonds is 3. The van der Waals surface area contributed by atoms with Crippen molar-refractivity contribution in [1.82, 2.24) is 0 Å². The number of aryl methyl sites for hydroxylation is 4. The number of phenolic OH excluding ortho intramolecular Hbond substituents is 1. The number of hydrogen-bond acceptors (Lipinski definition) is 2. The minimum atomic E-state index is 0.269. The summed E-state index contributed by atoms with van der Waals surface area (Å²) in [5.74, 6) is 0.269. The van der Waals surface area contributed by atoms with Gasteiger partial charge in [-0.25, -0.2) is 0 Å². The zero-order valence-corrected chi connectivity index (χ0v) is 14.7. The van der Waals surface area contributed by atoms with Crippen LogP contribution in [0.4, 0.5) is 17.1 Å². The summed E-state index contributed by atoms with van der Waals surface area (Å²) in [6.45, 7) is 8.49. The summed E-state index contributed by atoms with van der Waals surface area (Å²) in [5, 5.41) is 9.93. The van der Waals surface area contributed by atoms with E-state index >= 15 is 0 Å². The lowest BCUT2D eigenvalue weighted by molar-refractivity contribution is 0.475. The van der Waals surface area contributed by atoms with Crippen molar-refractivity contribution in [3.63, 3.8) is 0 Å². The molecule has 0 spiro atoms. The molecule has 0 saturated carbocycles. The molecular formula is C22H23NO. The fraction of sp³-hybridized carbons (Fsp3) is 0.182. The van der Waals surface area contributed by atoms with Gasteiger partial charge in [-0.2, -0.15) is 0 Å². The van der Waals surface area contributed by atoms with Gasteiger partial charge >= 0.3 is 0 Å². The van der Waals surface area contributed by atoms with Gasteiger partial charge in [0.1, 0.15) is 5.75 Å². The Morgan fingerprint density at radius 3 is 1.54 bits per heavy atom. The van der Waals surface area contributed by atoms with Crippen LogP contribution in [0, 0.1) is 27.7 Å². The van der Waals surface area contributed by atoms with Crippen LogP contribution in [-0.2, 0) is 0 Å². The van der Waals surface area contributed by atoms with Gasteiger partial charge in [-0.05, 0) is 86.3 Å². The smallest absolute Gasteiger partial charge is 0.117 e. The predicted octanol–water partition coefficient (Wildman–Crippen LogP) is 6.10. The van der Waals surface area contributed by atoms with Crippen LogP contribution in [0.5, 0.6) is 5.75 Å². The van der Waals surface area contributed by atoms with E-state index in [-0.39, 0.29) is 5.75 Å². The summed E-state index contributed by atoms with van der Waals surface area (Å²) in [5.41, 5.74) is 8.17. The van der Waals surface area contributed by atoms with Crippen LogP contribution >= 0.6 is 0 Å². The summed E-state index contributed by atoms with van der Waals surface area (Å²) in [6.07, 6.45) is 0. The molecule has 0 amide bonds. The van der Waals surface area contributed by atoms with Crippen molar-refractivity contribution in [2.75, 3.05) is 4.90 Å². The van der Waals surface area contributed by atoms with Gasteiger partial charge in [0.2, 0.25) is 0 Å². The van der Waals surface area contributed by atoms with Gasteiger partial charge < -0.3 is 10.0 Å². The van der Waals surface area contributed by atoms with Gasteiger partial charge in [0.05, 0.1) is 0 Å². The minimum Gasteiger partial charge on any atom is -0.508 e. The molecule has 1 N–H and O–H groups in total. The molecule has 2 heteroatoms. The molecule has 24 heavy (non-hydrogen) atoms. The first-order valence-electron chi connectivity index (χ1n) is 8.19. The number of benzene rings is 3. The van der Waals surface area contributed by atoms with E-state index in [4.69, 9.17) is 0 Å². The van der Waals surface area contributed by atoms with Gasteiger partial charge in [-0.3, -0.25) is 0 Å². The first kappa shape index (κ1) is 16.1. The molecule has 2 nitrogen and oxygen atoms in total. The van der Waals surface area contributed by atoms with Crippen molar-refractivity contribution < 1.29 is 5.11 Å². The predicted molar refractivity (Wildman–Crippen MR) is 102 cm³/mol. The van der Waals surface area contributed by atoms with E-state index in [2.05, 4.69) is 69.0 Å². The Morgan fingerprint density at radius 2 is 1.08 bits per heavy atom. The highest BCUT2D eigenvalue weighted by atomic mass is 16.3. The number of anilines is 3. The number of hydrogen-bond donors (Lipinski definition) is 1. The standard InChI is InChI=1S/C22H23NO/c1-15-8-10-20(12-17(15)3)23(19-6-5-7-22(24)14-19)21-11-9-16(2)18(4)13-21/h5-14,24H,1-4H3. The quantitative estimate of drug-likeness (QED) is 0.631. The van der Waals surface area contributed by atoms with Crippen molar-refractivity contribution in [2.24, 2.45) is 0 Å². The SMILES string of the molecule is Cc1ccc(N(c2cccc(O)c2)c2ccc(C)c(C)c2)cc1C. The molecule has 122 valence electrons. The lowest BCUT2D eigenvalue weighted by Gasteiger charge is -2.27. The van der Waals surface area contributed by atoms with Gasteiger partial charge in [0, 0.05) is 23.1 Å². The third-order valence-electron chi connectivity index (χ3n) is 4.59. The molecule has 3 rings (SSSR count). The number of nitrogens with zero attached hydrogens (tertiary/aromatic N) is 1. The topological polar surface area (TPSA) is 23.5 Å². The Morgan fingerprint density at radius 1 is 0.583 bits per heavy atom. The molecule has 0 atom stereocenters. The fourth-order valence-electron chi connectivity index (χ4n) is 2.81. The summed E-state index contributed by atoms with van der Waals surface area (Å²) in [4.78, 5) is 2.18. The molecule has 3 aromatic carbocycles. The molecule has 0 heterocycles. The van der Waals surface area contributed by atoms with E-state index < -0.39 is 0 Å². The highest BCUT2D eigenvalue weighted by Gasteiger charge is 2.14. The fourth-order valence-corrected chi connectivity index (χ4v) is 2.81. The maximum absolute atomic E-state index is 9.93. The van der Waals surface area contributed by atoms with E-state index in [1.807, 2.05) is 12.1 Å². The summed E-state index contributed by atoms with van der Waals surface area (Å²) in [6, 6.07) is 20.3. The molecule has 0 fully saturated rings. The van der Waals surface area contributed by atoms with Crippen LogP contribution in [0.1, 0.15) is 22.3 Å². The Bertz CT molecular complexity index is 831. The average molecular weight is 317 g/mol. The molecule has 3 aromatic rings. The summed E-state index contributed by atoms with van der Waals surface area (Å²) >= 11 is 0. The highest BCUT2D eigenvalue weighted by Crippen LogP contribution is 2.37. The van der Waals surface area contributed by atoms with E-state index in [0.717, 1.165) is 17.1 Å². The molecule has 0 bridgehead atoms. The molecule has 0 aliphatic rings. The van der Waals surface area contributed by atoms with Crippen LogP contribution in [0.15, 0.2) is 60.7 Å². The molecule has 0 radical (unpaired) electrons. The van der Waals surface area contributed by atoms with E-state index in [1.165, 1.54) is 22.3 Å². The van der Waals surface area contributed by atoms with Crippen LogP contribution in [-0.4, -0.2) is 5.11 Å². The third-order valence-corrected chi connectivity index (χ3v) is 4.59. The Kier molecular flexibility index (Phi) is 4.30. The van der Waals surface area contributed by atoms with Crippen LogP contribution in [0.2, 0.25) is 0 Å². The Labute approximate surface area is 144 Å². The zero-order valence-electron chi connectivity index (χ0n) is 14.7. The molecule has 0 unspecified atom stereocenters. The van der Waals surface area contributed by atoms with Crippen LogP contribution < -0.4 is 4.90 Å². The average Bonchev–Trinajstić information content (AvgIpc) is 2.54. The summed E-state index contributed by atoms with van der Waals surface area (Å²) in [7, 11) is 0. The Hall–Kier alpha value is -2.74. The molecule has 0 aliphatic heterocycles. The van der Waals surface area contributed by atoms with Crippen molar-refractivity contribution >= 4 is 17.1 Å². The van der Waals surface area contributed by atoms with Gasteiger partial charge in [-0.1, -0.05) is 18.2 Å². The molecule has 0 aromatic heterocycles. The van der Waals surface area contributed by atoms with Crippen molar-refractivity contribution in [1.29, 1.82) is 0 Å². The van der Waals surface area contributed by atoms with Gasteiger partial charge in [0.15, 0.2) is 0 Å². The maximum atomic E-state index is 9.93. The van der Waals surface area contributed by atoms with Gasteiger partial charge in [0.25, 0.3) is 0 Å². The first-order valence-corrected chi connectivity index (χ1v) is 8.19. The molecule has 0 aliphatic carbocycles. The largest absolute Gasteiger partial charge is 0.508 e. The first-order chi connectivity index (χ1) is 11.5. The third kappa shape index (κ3) is 3.13. The lowest BCUT2D eigenvalue weighted by Crippen LogP contribution is -2.10. The number of phenols is 1. The van der Waals surface area contributed by atoms with E-state index in [1.54, 1.807) is 12.1 Å². The van der Waals surface area contributed by atoms with Crippen molar-refractivity contribution in [2.45, 2.75) is 27.7 Å². The second-order valence-electron chi connectivity index (χ2n) is 6.39. The van der Waals surface area contributed by atoms with E-state index in [0.29, 0.717) is 0 Å². The van der Waals surface area contributed by atoms with E-state index in [9.17, 15) is 5.11 Å². The monoisotopic (exact) mass is 317 g/mol. The second kappa shape index (κ2) is 6.40. The van der Waals surface area contributed by atoms with Crippen LogP contribution in [0.25, 0.3) is 0 Å². The van der Waals surface area contributed by atoms with Crippen molar-refractivity contribution in [3.8, 4) is 5.75 Å².